The van der Waals surface area contributed by atoms with Crippen LogP contribution in [0.3, 0.4) is 0 Å². The summed E-state index contributed by atoms with van der Waals surface area (Å²) in [6.07, 6.45) is 1.68. The third-order valence-electron chi connectivity index (χ3n) is 2.48. The van der Waals surface area contributed by atoms with Crippen LogP contribution in [0.2, 0.25) is 0 Å². The number of amides is 1. The van der Waals surface area contributed by atoms with Crippen LogP contribution in [0.25, 0.3) is 0 Å². The SMILES string of the molecule is Cc1cc(Br)cnc1SCC(=O)Nc1ccccc1F. The number of carbonyl (C=O) groups is 1. The fourth-order valence-electron chi connectivity index (χ4n) is 1.56. The Labute approximate surface area is 129 Å². The summed E-state index contributed by atoms with van der Waals surface area (Å²) in [6.45, 7) is 1.93. The molecular weight excluding hydrogens is 343 g/mol. The van der Waals surface area contributed by atoms with Crippen molar-refractivity contribution in [2.75, 3.05) is 11.1 Å². The molecule has 3 nitrogen and oxygen atoms in total. The molecule has 1 heterocycles. The Kier molecular flexibility index (Phi) is 5.14. The molecule has 0 aliphatic carbocycles. The van der Waals surface area contributed by atoms with Crippen molar-refractivity contribution in [2.24, 2.45) is 0 Å². The highest BCUT2D eigenvalue weighted by molar-refractivity contribution is 9.10. The Bertz CT molecular complexity index is 636. The predicted octanol–water partition coefficient (Wildman–Crippen LogP) is 4.02. The van der Waals surface area contributed by atoms with Crippen LogP contribution < -0.4 is 5.32 Å². The van der Waals surface area contributed by atoms with Gasteiger partial charge in [-0.25, -0.2) is 9.37 Å². The number of benzene rings is 1. The number of pyridine rings is 1. The van der Waals surface area contributed by atoms with Crippen LogP contribution in [-0.4, -0.2) is 16.6 Å². The Morgan fingerprint density at radius 1 is 1.45 bits per heavy atom. The lowest BCUT2D eigenvalue weighted by atomic mass is 10.3. The molecule has 104 valence electrons. The van der Waals surface area contributed by atoms with Crippen molar-refractivity contribution in [3.05, 3.63) is 52.4 Å². The smallest absolute Gasteiger partial charge is 0.234 e. The van der Waals surface area contributed by atoms with E-state index in [4.69, 9.17) is 0 Å². The van der Waals surface area contributed by atoms with Crippen LogP contribution in [-0.2, 0) is 4.79 Å². The summed E-state index contributed by atoms with van der Waals surface area (Å²) < 4.78 is 14.3. The van der Waals surface area contributed by atoms with Crippen molar-refractivity contribution in [2.45, 2.75) is 11.9 Å². The molecule has 2 rings (SSSR count). The number of thioether (sulfide) groups is 1. The van der Waals surface area contributed by atoms with E-state index in [9.17, 15) is 9.18 Å². The average Bonchev–Trinajstić information content (AvgIpc) is 2.40. The van der Waals surface area contributed by atoms with Crippen molar-refractivity contribution in [3.63, 3.8) is 0 Å². The first-order chi connectivity index (χ1) is 9.56. The fraction of sp³-hybridized carbons (Fsp3) is 0.143. The maximum Gasteiger partial charge on any atom is 0.234 e. The summed E-state index contributed by atoms with van der Waals surface area (Å²) in [5.74, 6) is -0.517. The van der Waals surface area contributed by atoms with E-state index in [1.54, 1.807) is 18.3 Å². The second kappa shape index (κ2) is 6.85. The van der Waals surface area contributed by atoms with Gasteiger partial charge in [-0.15, -0.1) is 0 Å². The van der Waals surface area contributed by atoms with E-state index in [-0.39, 0.29) is 17.3 Å². The summed E-state index contributed by atoms with van der Waals surface area (Å²) in [5, 5.41) is 3.33. The molecule has 0 saturated heterocycles. The van der Waals surface area contributed by atoms with Crippen LogP contribution in [0.4, 0.5) is 10.1 Å². The minimum Gasteiger partial charge on any atom is -0.323 e. The molecule has 20 heavy (non-hydrogen) atoms. The van der Waals surface area contributed by atoms with Crippen LogP contribution in [0.15, 0.2) is 46.0 Å². The van der Waals surface area contributed by atoms with E-state index >= 15 is 0 Å². The maximum absolute atomic E-state index is 13.4. The number of rotatable bonds is 4. The van der Waals surface area contributed by atoms with E-state index in [1.165, 1.54) is 23.9 Å². The normalized spacial score (nSPS) is 10.3. The lowest BCUT2D eigenvalue weighted by Crippen LogP contribution is -2.15. The van der Waals surface area contributed by atoms with Crippen LogP contribution in [0, 0.1) is 12.7 Å². The standard InChI is InChI=1S/C14H12BrFN2OS/c1-9-6-10(15)7-17-14(9)20-8-13(19)18-12-5-3-2-4-11(12)16/h2-7H,8H2,1H3,(H,18,19). The summed E-state index contributed by atoms with van der Waals surface area (Å²) in [4.78, 5) is 16.0. The third-order valence-corrected chi connectivity index (χ3v) is 4.03. The first-order valence-electron chi connectivity index (χ1n) is 5.85. The van der Waals surface area contributed by atoms with E-state index in [0.717, 1.165) is 15.1 Å². The average molecular weight is 355 g/mol. The van der Waals surface area contributed by atoms with E-state index < -0.39 is 5.82 Å². The van der Waals surface area contributed by atoms with Crippen LogP contribution in [0.5, 0.6) is 0 Å². The third kappa shape index (κ3) is 4.05. The molecule has 0 atom stereocenters. The maximum atomic E-state index is 13.4. The van der Waals surface area contributed by atoms with Gasteiger partial charge in [0.05, 0.1) is 16.5 Å². The van der Waals surface area contributed by atoms with Gasteiger partial charge in [0, 0.05) is 10.7 Å². The first-order valence-corrected chi connectivity index (χ1v) is 7.63. The van der Waals surface area contributed by atoms with Crippen LogP contribution >= 0.6 is 27.7 Å². The van der Waals surface area contributed by atoms with Gasteiger partial charge in [0.25, 0.3) is 0 Å². The largest absolute Gasteiger partial charge is 0.323 e. The van der Waals surface area contributed by atoms with Crippen molar-refractivity contribution < 1.29 is 9.18 Å². The monoisotopic (exact) mass is 354 g/mol. The molecule has 1 N–H and O–H groups in total. The van der Waals surface area contributed by atoms with Gasteiger partial charge in [0.2, 0.25) is 5.91 Å². The quantitative estimate of drug-likeness (QED) is 0.843. The molecule has 0 fully saturated rings. The van der Waals surface area contributed by atoms with Gasteiger partial charge >= 0.3 is 0 Å². The first kappa shape index (κ1) is 15.0. The van der Waals surface area contributed by atoms with Crippen molar-refractivity contribution >= 4 is 39.3 Å². The number of aromatic nitrogens is 1. The van der Waals surface area contributed by atoms with E-state index in [2.05, 4.69) is 26.2 Å². The lowest BCUT2D eigenvalue weighted by molar-refractivity contribution is -0.113. The molecule has 1 amide bonds. The second-order valence-electron chi connectivity index (χ2n) is 4.09. The zero-order chi connectivity index (χ0) is 14.5. The molecule has 0 aliphatic heterocycles. The van der Waals surface area contributed by atoms with Gasteiger partial charge in [-0.1, -0.05) is 23.9 Å². The van der Waals surface area contributed by atoms with Gasteiger partial charge in [0.15, 0.2) is 0 Å². The molecular formula is C14H12BrFN2OS. The summed E-state index contributed by atoms with van der Waals surface area (Å²) >= 11 is 4.66. The highest BCUT2D eigenvalue weighted by Gasteiger charge is 2.09. The van der Waals surface area contributed by atoms with E-state index in [0.29, 0.717) is 0 Å². The summed E-state index contributed by atoms with van der Waals surface area (Å²) in [5.41, 5.74) is 1.18. The van der Waals surface area contributed by atoms with Gasteiger partial charge in [-0.2, -0.15) is 0 Å². The van der Waals surface area contributed by atoms with Gasteiger partial charge in [-0.3, -0.25) is 4.79 Å². The van der Waals surface area contributed by atoms with E-state index in [1.807, 2.05) is 13.0 Å². The lowest BCUT2D eigenvalue weighted by Gasteiger charge is -2.07. The van der Waals surface area contributed by atoms with Crippen molar-refractivity contribution in [1.29, 1.82) is 0 Å². The number of nitrogens with one attached hydrogen (secondary N) is 1. The molecule has 0 bridgehead atoms. The number of carbonyl (C=O) groups excluding carboxylic acids is 1. The highest BCUT2D eigenvalue weighted by atomic mass is 79.9. The molecule has 1 aromatic carbocycles. The number of anilines is 1. The Morgan fingerprint density at radius 2 is 2.20 bits per heavy atom. The number of nitrogens with zero attached hydrogens (tertiary/aromatic N) is 1. The number of hydrogen-bond donors (Lipinski definition) is 1. The topological polar surface area (TPSA) is 42.0 Å². The summed E-state index contributed by atoms with van der Waals surface area (Å²) in [7, 11) is 0. The molecule has 2 aromatic rings. The minimum atomic E-state index is -0.441. The summed E-state index contributed by atoms with van der Waals surface area (Å²) in [6, 6.07) is 8.02. The number of hydrogen-bond acceptors (Lipinski definition) is 3. The Balaban J connectivity index is 1.94. The Morgan fingerprint density at radius 3 is 2.90 bits per heavy atom. The van der Waals surface area contributed by atoms with Gasteiger partial charge in [-0.05, 0) is 46.6 Å². The molecule has 0 saturated carbocycles. The van der Waals surface area contributed by atoms with Crippen LogP contribution in [0.1, 0.15) is 5.56 Å². The Hall–Kier alpha value is -1.40. The number of halogens is 2. The zero-order valence-electron chi connectivity index (χ0n) is 10.7. The molecule has 0 radical (unpaired) electrons. The highest BCUT2D eigenvalue weighted by Crippen LogP contribution is 2.22. The molecule has 0 unspecified atom stereocenters. The second-order valence-corrected chi connectivity index (χ2v) is 5.97. The zero-order valence-corrected chi connectivity index (χ0v) is 13.1. The van der Waals surface area contributed by atoms with Gasteiger partial charge in [0.1, 0.15) is 5.82 Å². The van der Waals surface area contributed by atoms with Crippen molar-refractivity contribution in [3.8, 4) is 0 Å². The predicted molar refractivity (Wildman–Crippen MR) is 82.4 cm³/mol. The molecule has 1 aromatic heterocycles. The molecule has 0 spiro atoms. The number of aryl methyl sites for hydroxylation is 1. The minimum absolute atomic E-state index is 0.184. The van der Waals surface area contributed by atoms with Crippen molar-refractivity contribution in [1.82, 2.24) is 4.98 Å². The van der Waals surface area contributed by atoms with Gasteiger partial charge < -0.3 is 5.32 Å². The fourth-order valence-corrected chi connectivity index (χ4v) is 2.76. The number of para-hydroxylation sites is 1. The molecule has 6 heteroatoms. The molecule has 0 aliphatic rings.